The molecule has 0 radical (unpaired) electrons. The number of amides is 2. The van der Waals surface area contributed by atoms with Gasteiger partial charge in [0.2, 0.25) is 0 Å². The second-order valence-electron chi connectivity index (χ2n) is 9.01. The molecule has 0 bridgehead atoms. The Kier molecular flexibility index (Phi) is 5.99. The van der Waals surface area contributed by atoms with Gasteiger partial charge in [-0.1, -0.05) is 48.2 Å². The largest absolute Gasteiger partial charge is 0.444 e. The van der Waals surface area contributed by atoms with Crippen LogP contribution >= 0.6 is 11.8 Å². The van der Waals surface area contributed by atoms with E-state index >= 15 is 0 Å². The number of amidine groups is 1. The molecule has 0 aliphatic carbocycles. The van der Waals surface area contributed by atoms with Gasteiger partial charge in [0, 0.05) is 29.3 Å². The number of ether oxygens (including phenoxy) is 1. The van der Waals surface area contributed by atoms with Gasteiger partial charge in [-0.15, -0.1) is 0 Å². The molecule has 2 atom stereocenters. The number of carbonyl (C=O) groups is 2. The molecule has 2 heterocycles. The van der Waals surface area contributed by atoms with E-state index in [9.17, 15) is 14.0 Å². The number of likely N-dealkylation sites (tertiary alicyclic amines) is 1. The van der Waals surface area contributed by atoms with Crippen molar-refractivity contribution in [3.63, 3.8) is 0 Å². The fraction of sp³-hybridized carbons (Fsp3) is 0.375. The average molecular weight is 456 g/mol. The molecule has 0 spiro atoms. The van der Waals surface area contributed by atoms with E-state index in [-0.39, 0.29) is 24.2 Å². The quantitative estimate of drug-likeness (QED) is 0.728. The molecule has 1 fully saturated rings. The number of halogens is 1. The summed E-state index contributed by atoms with van der Waals surface area (Å²) in [6.07, 6.45) is -0.447. The molecule has 0 saturated carbocycles. The molecule has 4 rings (SSSR count). The highest BCUT2D eigenvalue weighted by Gasteiger charge is 2.53. The summed E-state index contributed by atoms with van der Waals surface area (Å²) in [7, 11) is 0. The number of rotatable bonds is 2. The molecule has 2 aliphatic rings. The number of nitrogens with one attached hydrogen (secondary N) is 1. The van der Waals surface area contributed by atoms with Gasteiger partial charge in [0.1, 0.15) is 17.0 Å². The Hall–Kier alpha value is -2.87. The van der Waals surface area contributed by atoms with Crippen molar-refractivity contribution in [1.82, 2.24) is 10.2 Å². The van der Waals surface area contributed by atoms with Gasteiger partial charge in [-0.25, -0.2) is 14.2 Å². The van der Waals surface area contributed by atoms with E-state index in [4.69, 9.17) is 9.73 Å². The van der Waals surface area contributed by atoms with Crippen LogP contribution in [0.5, 0.6) is 0 Å². The second kappa shape index (κ2) is 8.58. The summed E-state index contributed by atoms with van der Waals surface area (Å²) in [5.41, 5.74) is -0.696. The molecule has 32 heavy (non-hydrogen) atoms. The van der Waals surface area contributed by atoms with Gasteiger partial charge in [0.05, 0.1) is 6.54 Å². The lowest BCUT2D eigenvalue weighted by Gasteiger charge is -2.35. The minimum atomic E-state index is -0.993. The SMILES string of the molecule is CC(C)(C)OC(=O)N1C[C@H]2CSC(NC(=O)c3ccccc3)=N[C@@]2(c2ccccc2F)C1. The third-order valence-corrected chi connectivity index (χ3v) is 6.55. The van der Waals surface area contributed by atoms with E-state index in [2.05, 4.69) is 5.32 Å². The van der Waals surface area contributed by atoms with Crippen LogP contribution in [-0.4, -0.2) is 46.5 Å². The molecule has 1 N–H and O–H groups in total. The zero-order valence-electron chi connectivity index (χ0n) is 18.3. The molecule has 168 valence electrons. The lowest BCUT2D eigenvalue weighted by atomic mass is 9.81. The van der Waals surface area contributed by atoms with Crippen LogP contribution < -0.4 is 5.32 Å². The van der Waals surface area contributed by atoms with Gasteiger partial charge in [-0.05, 0) is 39.0 Å². The summed E-state index contributed by atoms with van der Waals surface area (Å²) >= 11 is 1.41. The van der Waals surface area contributed by atoms with Crippen molar-refractivity contribution in [1.29, 1.82) is 0 Å². The Balaban J connectivity index is 1.68. The predicted octanol–water partition coefficient (Wildman–Crippen LogP) is 4.42. The number of hydrogen-bond donors (Lipinski definition) is 1. The Morgan fingerprint density at radius 2 is 1.84 bits per heavy atom. The van der Waals surface area contributed by atoms with Crippen LogP contribution in [0.3, 0.4) is 0 Å². The Morgan fingerprint density at radius 3 is 2.53 bits per heavy atom. The van der Waals surface area contributed by atoms with Gasteiger partial charge in [-0.2, -0.15) is 0 Å². The van der Waals surface area contributed by atoms with Crippen molar-refractivity contribution < 1.29 is 18.7 Å². The molecule has 2 aromatic rings. The minimum absolute atomic E-state index is 0.116. The number of benzene rings is 2. The maximum Gasteiger partial charge on any atom is 0.410 e. The molecule has 2 aliphatic heterocycles. The highest BCUT2D eigenvalue weighted by molar-refractivity contribution is 8.13. The number of nitrogens with zero attached hydrogens (tertiary/aromatic N) is 2. The number of thioether (sulfide) groups is 1. The van der Waals surface area contributed by atoms with E-state index in [1.807, 2.05) is 26.8 Å². The molecule has 8 heteroatoms. The lowest BCUT2D eigenvalue weighted by Crippen LogP contribution is -2.43. The fourth-order valence-electron chi connectivity index (χ4n) is 4.08. The van der Waals surface area contributed by atoms with Crippen molar-refractivity contribution in [2.75, 3.05) is 18.8 Å². The number of aliphatic imine (C=N–C) groups is 1. The predicted molar refractivity (Wildman–Crippen MR) is 123 cm³/mol. The van der Waals surface area contributed by atoms with Crippen LogP contribution in [0.2, 0.25) is 0 Å². The van der Waals surface area contributed by atoms with Crippen molar-refractivity contribution in [2.24, 2.45) is 10.9 Å². The first-order valence-corrected chi connectivity index (χ1v) is 11.5. The van der Waals surface area contributed by atoms with Crippen molar-refractivity contribution >= 4 is 28.9 Å². The molecule has 6 nitrogen and oxygen atoms in total. The first kappa shape index (κ1) is 22.3. The molecule has 0 unspecified atom stereocenters. The third-order valence-electron chi connectivity index (χ3n) is 5.52. The van der Waals surface area contributed by atoms with E-state index in [0.29, 0.717) is 28.6 Å². The van der Waals surface area contributed by atoms with Crippen LogP contribution in [0.15, 0.2) is 59.6 Å². The molecular formula is C24H26FN3O3S. The summed E-state index contributed by atoms with van der Waals surface area (Å²) in [6, 6.07) is 15.4. The zero-order valence-corrected chi connectivity index (χ0v) is 19.1. The lowest BCUT2D eigenvalue weighted by molar-refractivity contribution is 0.0281. The first-order valence-electron chi connectivity index (χ1n) is 10.5. The smallest absolute Gasteiger partial charge is 0.410 e. The molecule has 2 aromatic carbocycles. The number of carbonyl (C=O) groups excluding carboxylic acids is 2. The summed E-state index contributed by atoms with van der Waals surface area (Å²) in [6.45, 7) is 6.02. The van der Waals surface area contributed by atoms with Crippen molar-refractivity contribution in [3.05, 3.63) is 71.5 Å². The molecular weight excluding hydrogens is 429 g/mol. The van der Waals surface area contributed by atoms with Crippen LogP contribution in [0.1, 0.15) is 36.7 Å². The minimum Gasteiger partial charge on any atom is -0.444 e. The zero-order chi connectivity index (χ0) is 22.9. The van der Waals surface area contributed by atoms with Gasteiger partial charge >= 0.3 is 6.09 Å². The highest BCUT2D eigenvalue weighted by Crippen LogP contribution is 2.46. The van der Waals surface area contributed by atoms with Gasteiger partial charge in [-0.3, -0.25) is 4.79 Å². The highest BCUT2D eigenvalue weighted by atomic mass is 32.2. The second-order valence-corrected chi connectivity index (χ2v) is 10.0. The normalized spacial score (nSPS) is 22.7. The Bertz CT molecular complexity index is 1050. The molecule has 2 amide bonds. The third kappa shape index (κ3) is 4.50. The first-order chi connectivity index (χ1) is 15.2. The molecule has 1 saturated heterocycles. The maximum atomic E-state index is 15.0. The Labute approximate surface area is 191 Å². The van der Waals surface area contributed by atoms with Crippen molar-refractivity contribution in [3.8, 4) is 0 Å². The summed E-state index contributed by atoms with van der Waals surface area (Å²) in [4.78, 5) is 31.9. The standard InChI is InChI=1S/C24H26FN3O3S/c1-23(2,3)31-22(30)28-13-17-14-32-21(26-20(29)16-9-5-4-6-10-16)27-24(17,15-28)18-11-7-8-12-19(18)25/h4-12,17H,13-15H2,1-3H3,(H,26,27,29)/t17-,24-/m0/s1. The maximum absolute atomic E-state index is 15.0. The number of fused-ring (bicyclic) bond motifs is 1. The van der Waals surface area contributed by atoms with Gasteiger partial charge in [0.25, 0.3) is 5.91 Å². The molecule has 0 aromatic heterocycles. The van der Waals surface area contributed by atoms with Crippen LogP contribution in [0, 0.1) is 11.7 Å². The van der Waals surface area contributed by atoms with Crippen LogP contribution in [0.25, 0.3) is 0 Å². The van der Waals surface area contributed by atoms with Gasteiger partial charge in [0.15, 0.2) is 5.17 Å². The van der Waals surface area contributed by atoms with E-state index < -0.39 is 17.2 Å². The van der Waals surface area contributed by atoms with E-state index in [1.54, 1.807) is 47.4 Å². The summed E-state index contributed by atoms with van der Waals surface area (Å²) in [5, 5.41) is 3.28. The summed E-state index contributed by atoms with van der Waals surface area (Å²) in [5.74, 6) is -0.190. The van der Waals surface area contributed by atoms with E-state index in [0.717, 1.165) is 0 Å². The van der Waals surface area contributed by atoms with Crippen LogP contribution in [-0.2, 0) is 10.3 Å². The van der Waals surface area contributed by atoms with Crippen LogP contribution in [0.4, 0.5) is 9.18 Å². The Morgan fingerprint density at radius 1 is 1.16 bits per heavy atom. The topological polar surface area (TPSA) is 71.0 Å². The van der Waals surface area contributed by atoms with Crippen molar-refractivity contribution in [2.45, 2.75) is 31.9 Å². The average Bonchev–Trinajstić information content (AvgIpc) is 3.13. The number of hydrogen-bond acceptors (Lipinski definition) is 5. The fourth-order valence-corrected chi connectivity index (χ4v) is 5.21. The van der Waals surface area contributed by atoms with E-state index in [1.165, 1.54) is 17.8 Å². The monoisotopic (exact) mass is 455 g/mol. The van der Waals surface area contributed by atoms with Gasteiger partial charge < -0.3 is 15.0 Å². The summed E-state index contributed by atoms with van der Waals surface area (Å²) < 4.78 is 20.5.